The van der Waals surface area contributed by atoms with Gasteiger partial charge in [0, 0.05) is 5.56 Å². The first-order valence-electron chi connectivity index (χ1n) is 4.38. The Bertz CT molecular complexity index is 437. The average Bonchev–Trinajstić information content (AvgIpc) is 2.15. The Balaban J connectivity index is 3.10. The molecule has 0 saturated carbocycles. The number of hydrogen-bond donors (Lipinski definition) is 3. The van der Waals surface area contributed by atoms with Crippen LogP contribution in [0.3, 0.4) is 0 Å². The molecule has 1 atom stereocenters. The van der Waals surface area contributed by atoms with Crippen LogP contribution in [0.4, 0.5) is 0 Å². The standard InChI is InChI=1S/C9H11O6P/c1-6(9(10)11)7-4-2-3-5-8(7)15-16(12,13)14/h2-6H,1H3,(H,10,11)(H2,12,13,14). The van der Waals surface area contributed by atoms with Gasteiger partial charge in [0.2, 0.25) is 0 Å². The van der Waals surface area contributed by atoms with Crippen LogP contribution in [-0.2, 0) is 9.36 Å². The number of carbonyl (C=O) groups is 1. The zero-order valence-electron chi connectivity index (χ0n) is 8.40. The van der Waals surface area contributed by atoms with Crippen molar-refractivity contribution >= 4 is 13.8 Å². The van der Waals surface area contributed by atoms with Crippen LogP contribution in [0.2, 0.25) is 0 Å². The van der Waals surface area contributed by atoms with Gasteiger partial charge in [-0.2, -0.15) is 0 Å². The van der Waals surface area contributed by atoms with Crippen molar-refractivity contribution in [1.29, 1.82) is 0 Å². The molecule has 0 radical (unpaired) electrons. The summed E-state index contributed by atoms with van der Waals surface area (Å²) in [5.41, 5.74) is 0.221. The fraction of sp³-hybridized carbons (Fsp3) is 0.222. The second kappa shape index (κ2) is 4.65. The van der Waals surface area contributed by atoms with Gasteiger partial charge in [-0.15, -0.1) is 0 Å². The SMILES string of the molecule is CC(C(=O)O)c1ccccc1OP(=O)(O)O. The predicted octanol–water partition coefficient (Wildman–Crippen LogP) is 1.35. The van der Waals surface area contributed by atoms with E-state index in [2.05, 4.69) is 4.52 Å². The molecule has 0 aliphatic carbocycles. The Hall–Kier alpha value is -1.36. The number of hydrogen-bond acceptors (Lipinski definition) is 3. The maximum atomic E-state index is 10.8. The third-order valence-corrected chi connectivity index (χ3v) is 2.41. The molecule has 1 unspecified atom stereocenters. The summed E-state index contributed by atoms with van der Waals surface area (Å²) in [5, 5.41) is 8.81. The zero-order chi connectivity index (χ0) is 12.3. The first kappa shape index (κ1) is 12.7. The van der Waals surface area contributed by atoms with Crippen molar-refractivity contribution in [1.82, 2.24) is 0 Å². The molecule has 0 saturated heterocycles. The third kappa shape index (κ3) is 3.34. The van der Waals surface area contributed by atoms with E-state index in [0.717, 1.165) is 0 Å². The van der Waals surface area contributed by atoms with E-state index < -0.39 is 19.7 Å². The highest BCUT2D eigenvalue weighted by molar-refractivity contribution is 7.46. The van der Waals surface area contributed by atoms with Gasteiger partial charge in [-0.05, 0) is 13.0 Å². The zero-order valence-corrected chi connectivity index (χ0v) is 9.29. The minimum atomic E-state index is -4.68. The van der Waals surface area contributed by atoms with Crippen LogP contribution in [0.5, 0.6) is 5.75 Å². The Morgan fingerprint density at radius 3 is 2.44 bits per heavy atom. The number of aliphatic carboxylic acids is 1. The molecular weight excluding hydrogens is 235 g/mol. The van der Waals surface area contributed by atoms with Crippen molar-refractivity contribution in [3.63, 3.8) is 0 Å². The largest absolute Gasteiger partial charge is 0.524 e. The van der Waals surface area contributed by atoms with E-state index in [4.69, 9.17) is 14.9 Å². The van der Waals surface area contributed by atoms with Crippen LogP contribution in [0.25, 0.3) is 0 Å². The van der Waals surface area contributed by atoms with E-state index >= 15 is 0 Å². The van der Waals surface area contributed by atoms with Crippen molar-refractivity contribution in [2.45, 2.75) is 12.8 Å². The quantitative estimate of drug-likeness (QED) is 0.692. The number of phosphoric acid groups is 1. The lowest BCUT2D eigenvalue weighted by atomic mass is 10.0. The topological polar surface area (TPSA) is 104 Å². The molecule has 0 amide bonds. The van der Waals surface area contributed by atoms with Crippen molar-refractivity contribution in [3.05, 3.63) is 29.8 Å². The molecule has 1 aromatic rings. The van der Waals surface area contributed by atoms with Crippen LogP contribution >= 0.6 is 7.82 Å². The summed E-state index contributed by atoms with van der Waals surface area (Å²) in [6, 6.07) is 5.84. The molecular formula is C9H11O6P. The summed E-state index contributed by atoms with van der Waals surface area (Å²) in [6.07, 6.45) is 0. The lowest BCUT2D eigenvalue weighted by Crippen LogP contribution is -2.09. The first-order valence-corrected chi connectivity index (χ1v) is 5.91. The molecule has 7 heteroatoms. The molecule has 88 valence electrons. The normalized spacial score (nSPS) is 13.2. The van der Waals surface area contributed by atoms with Crippen molar-refractivity contribution < 1.29 is 28.8 Å². The van der Waals surface area contributed by atoms with Crippen LogP contribution in [0, 0.1) is 0 Å². The number of para-hydroxylation sites is 1. The molecule has 0 bridgehead atoms. The van der Waals surface area contributed by atoms with Gasteiger partial charge in [0.15, 0.2) is 0 Å². The smallest absolute Gasteiger partial charge is 0.481 e. The summed E-state index contributed by atoms with van der Waals surface area (Å²) in [6.45, 7) is 1.41. The van der Waals surface area contributed by atoms with Gasteiger partial charge in [0.1, 0.15) is 5.75 Å². The fourth-order valence-corrected chi connectivity index (χ4v) is 1.61. The van der Waals surface area contributed by atoms with E-state index in [0.29, 0.717) is 0 Å². The number of phosphoric ester groups is 1. The van der Waals surface area contributed by atoms with Gasteiger partial charge < -0.3 is 9.63 Å². The van der Waals surface area contributed by atoms with Crippen LogP contribution in [-0.4, -0.2) is 20.9 Å². The Morgan fingerprint density at radius 1 is 1.38 bits per heavy atom. The molecule has 0 heterocycles. The van der Waals surface area contributed by atoms with E-state index in [1.165, 1.54) is 25.1 Å². The Labute approximate surface area is 91.7 Å². The lowest BCUT2D eigenvalue weighted by molar-refractivity contribution is -0.138. The number of rotatable bonds is 4. The van der Waals surface area contributed by atoms with E-state index in [1.54, 1.807) is 6.07 Å². The second-order valence-electron chi connectivity index (χ2n) is 3.18. The van der Waals surface area contributed by atoms with Crippen molar-refractivity contribution in [2.75, 3.05) is 0 Å². The molecule has 0 spiro atoms. The maximum Gasteiger partial charge on any atom is 0.524 e. The number of carboxylic acids is 1. The predicted molar refractivity (Wildman–Crippen MR) is 55.2 cm³/mol. The van der Waals surface area contributed by atoms with Crippen LogP contribution < -0.4 is 4.52 Å². The van der Waals surface area contributed by atoms with Crippen molar-refractivity contribution in [2.24, 2.45) is 0 Å². The fourth-order valence-electron chi connectivity index (χ4n) is 1.18. The molecule has 0 aliphatic heterocycles. The molecule has 0 fully saturated rings. The molecule has 0 aliphatic rings. The molecule has 1 rings (SSSR count). The summed E-state index contributed by atoms with van der Waals surface area (Å²) in [5.74, 6) is -2.12. The van der Waals surface area contributed by atoms with E-state index in [1.807, 2.05) is 0 Å². The van der Waals surface area contributed by atoms with Gasteiger partial charge in [-0.25, -0.2) is 4.57 Å². The Morgan fingerprint density at radius 2 is 1.94 bits per heavy atom. The third-order valence-electron chi connectivity index (χ3n) is 1.97. The molecule has 0 aromatic heterocycles. The highest BCUT2D eigenvalue weighted by atomic mass is 31.2. The highest BCUT2D eigenvalue weighted by Crippen LogP contribution is 2.40. The number of carboxylic acid groups (broad SMARTS) is 1. The van der Waals surface area contributed by atoms with Crippen LogP contribution in [0.1, 0.15) is 18.4 Å². The van der Waals surface area contributed by atoms with E-state index in [9.17, 15) is 9.36 Å². The van der Waals surface area contributed by atoms with Gasteiger partial charge in [-0.3, -0.25) is 14.6 Å². The molecule has 16 heavy (non-hydrogen) atoms. The van der Waals surface area contributed by atoms with Gasteiger partial charge in [0.25, 0.3) is 0 Å². The highest BCUT2D eigenvalue weighted by Gasteiger charge is 2.23. The van der Waals surface area contributed by atoms with Gasteiger partial charge >= 0.3 is 13.8 Å². The summed E-state index contributed by atoms with van der Waals surface area (Å²) in [4.78, 5) is 28.1. The summed E-state index contributed by atoms with van der Waals surface area (Å²) >= 11 is 0. The summed E-state index contributed by atoms with van der Waals surface area (Å²) < 4.78 is 15.1. The second-order valence-corrected chi connectivity index (χ2v) is 4.34. The first-order chi connectivity index (χ1) is 7.31. The van der Waals surface area contributed by atoms with Crippen LogP contribution in [0.15, 0.2) is 24.3 Å². The lowest BCUT2D eigenvalue weighted by Gasteiger charge is -2.13. The van der Waals surface area contributed by atoms with E-state index in [-0.39, 0.29) is 11.3 Å². The van der Waals surface area contributed by atoms with Crippen molar-refractivity contribution in [3.8, 4) is 5.75 Å². The maximum absolute atomic E-state index is 10.8. The Kier molecular flexibility index (Phi) is 3.70. The number of benzene rings is 1. The molecule has 6 nitrogen and oxygen atoms in total. The minimum Gasteiger partial charge on any atom is -0.481 e. The summed E-state index contributed by atoms with van der Waals surface area (Å²) in [7, 11) is -4.68. The van der Waals surface area contributed by atoms with Gasteiger partial charge in [-0.1, -0.05) is 18.2 Å². The molecule has 1 aromatic carbocycles. The average molecular weight is 246 g/mol. The monoisotopic (exact) mass is 246 g/mol. The van der Waals surface area contributed by atoms with Gasteiger partial charge in [0.05, 0.1) is 5.92 Å². The minimum absolute atomic E-state index is 0.120. The molecule has 3 N–H and O–H groups in total.